The van der Waals surface area contributed by atoms with Gasteiger partial charge in [0.25, 0.3) is 0 Å². The highest BCUT2D eigenvalue weighted by atomic mass is 32.1. The maximum Gasteiger partial charge on any atom is 0.425 e. The molecule has 0 radical (unpaired) electrons. The first-order chi connectivity index (χ1) is 15.1. The molecule has 2 aromatic rings. The second-order valence-corrected chi connectivity index (χ2v) is 8.58. The number of thiophene rings is 1. The van der Waals surface area contributed by atoms with Gasteiger partial charge < -0.3 is 9.84 Å². The number of ether oxygens (including phenoxy) is 1. The number of hydrogen-bond acceptors (Lipinski definition) is 3. The SMILES string of the molecule is CCC1C=CC(c2cc(C(F)(F)F)sc2COc2c(F)cc(CCC(=O)O)cc2F)=CC1. The van der Waals surface area contributed by atoms with E-state index in [4.69, 9.17) is 9.84 Å². The van der Waals surface area contributed by atoms with Gasteiger partial charge in [0.15, 0.2) is 17.4 Å². The van der Waals surface area contributed by atoms with Gasteiger partial charge in [-0.25, -0.2) is 8.78 Å². The molecule has 1 aliphatic rings. The van der Waals surface area contributed by atoms with Crippen molar-refractivity contribution >= 4 is 22.9 Å². The molecule has 1 unspecified atom stereocenters. The average molecular weight is 472 g/mol. The molecule has 1 N–H and O–H groups in total. The van der Waals surface area contributed by atoms with Crippen molar-refractivity contribution in [2.75, 3.05) is 0 Å². The highest BCUT2D eigenvalue weighted by Crippen LogP contribution is 2.41. The van der Waals surface area contributed by atoms with Crippen LogP contribution in [0.1, 0.15) is 47.1 Å². The maximum absolute atomic E-state index is 14.4. The average Bonchev–Trinajstić information content (AvgIpc) is 3.16. The topological polar surface area (TPSA) is 46.5 Å². The van der Waals surface area contributed by atoms with Gasteiger partial charge >= 0.3 is 12.1 Å². The van der Waals surface area contributed by atoms with Gasteiger partial charge in [0, 0.05) is 6.42 Å². The van der Waals surface area contributed by atoms with Crippen LogP contribution in [0.3, 0.4) is 0 Å². The summed E-state index contributed by atoms with van der Waals surface area (Å²) in [5.41, 5.74) is 1.09. The van der Waals surface area contributed by atoms with Gasteiger partial charge in [-0.05, 0) is 60.1 Å². The minimum atomic E-state index is -4.55. The van der Waals surface area contributed by atoms with Crippen LogP contribution in [0, 0.1) is 17.6 Å². The Morgan fingerprint density at radius 3 is 2.44 bits per heavy atom. The van der Waals surface area contributed by atoms with E-state index < -0.39 is 41.0 Å². The number of rotatable bonds is 8. The van der Waals surface area contributed by atoms with Gasteiger partial charge in [-0.1, -0.05) is 25.2 Å². The summed E-state index contributed by atoms with van der Waals surface area (Å²) < 4.78 is 73.9. The number of aliphatic carboxylic acids is 1. The van der Waals surface area contributed by atoms with E-state index in [-0.39, 0.29) is 23.3 Å². The van der Waals surface area contributed by atoms with Crippen LogP contribution in [0.15, 0.2) is 36.4 Å². The minimum absolute atomic E-state index is 0.0628. The molecule has 0 saturated heterocycles. The lowest BCUT2D eigenvalue weighted by Gasteiger charge is -2.15. The van der Waals surface area contributed by atoms with Crippen LogP contribution in [-0.2, 0) is 24.0 Å². The summed E-state index contributed by atoms with van der Waals surface area (Å²) >= 11 is 0.477. The molecule has 3 rings (SSSR count). The predicted octanol–water partition coefficient (Wildman–Crippen LogP) is 7.01. The van der Waals surface area contributed by atoms with Crippen molar-refractivity contribution in [1.29, 1.82) is 0 Å². The van der Waals surface area contributed by atoms with E-state index in [0.717, 1.165) is 24.6 Å². The Hall–Kier alpha value is -2.68. The van der Waals surface area contributed by atoms with Gasteiger partial charge in [-0.3, -0.25) is 4.79 Å². The third kappa shape index (κ3) is 5.76. The monoisotopic (exact) mass is 472 g/mol. The van der Waals surface area contributed by atoms with Gasteiger partial charge in [0.1, 0.15) is 11.5 Å². The first kappa shape index (κ1) is 24.0. The summed E-state index contributed by atoms with van der Waals surface area (Å²) in [5, 5.41) is 8.70. The molecule has 0 bridgehead atoms. The van der Waals surface area contributed by atoms with E-state index >= 15 is 0 Å². The molecule has 3 nitrogen and oxygen atoms in total. The van der Waals surface area contributed by atoms with Crippen molar-refractivity contribution in [3.05, 3.63) is 68.9 Å². The molecule has 1 atom stereocenters. The van der Waals surface area contributed by atoms with Gasteiger partial charge in [0.2, 0.25) is 0 Å². The normalized spacial score (nSPS) is 16.2. The zero-order chi connectivity index (χ0) is 23.5. The summed E-state index contributed by atoms with van der Waals surface area (Å²) in [6.07, 6.45) is 2.27. The van der Waals surface area contributed by atoms with Crippen LogP contribution in [0.2, 0.25) is 0 Å². The van der Waals surface area contributed by atoms with E-state index in [9.17, 15) is 26.7 Å². The first-order valence-electron chi connectivity index (χ1n) is 9.99. The van der Waals surface area contributed by atoms with Crippen molar-refractivity contribution < 1.29 is 36.6 Å². The van der Waals surface area contributed by atoms with E-state index in [2.05, 4.69) is 0 Å². The predicted molar refractivity (Wildman–Crippen MR) is 111 cm³/mol. The second-order valence-electron chi connectivity index (χ2n) is 7.44. The van der Waals surface area contributed by atoms with Crippen LogP contribution in [0.25, 0.3) is 5.57 Å². The lowest BCUT2D eigenvalue weighted by molar-refractivity contribution is -0.137. The molecular weight excluding hydrogens is 451 g/mol. The van der Waals surface area contributed by atoms with E-state index in [0.29, 0.717) is 34.8 Å². The Bertz CT molecular complexity index is 1030. The molecule has 172 valence electrons. The highest BCUT2D eigenvalue weighted by molar-refractivity contribution is 7.12. The van der Waals surface area contributed by atoms with Crippen molar-refractivity contribution in [3.63, 3.8) is 0 Å². The fraction of sp³-hybridized carbons (Fsp3) is 0.348. The number of allylic oxidation sites excluding steroid dienone is 4. The number of aryl methyl sites for hydroxylation is 1. The zero-order valence-electron chi connectivity index (χ0n) is 17.1. The Kier molecular flexibility index (Phi) is 7.38. The molecule has 0 saturated carbocycles. The molecule has 0 fully saturated rings. The lowest BCUT2D eigenvalue weighted by atomic mass is 9.91. The Balaban J connectivity index is 1.84. The molecule has 1 heterocycles. The molecule has 9 heteroatoms. The maximum atomic E-state index is 14.4. The minimum Gasteiger partial charge on any atom is -0.482 e. The summed E-state index contributed by atoms with van der Waals surface area (Å²) in [6.45, 7) is 1.58. The third-order valence-electron chi connectivity index (χ3n) is 5.15. The largest absolute Gasteiger partial charge is 0.482 e. The van der Waals surface area contributed by atoms with Gasteiger partial charge in [0.05, 0.1) is 4.88 Å². The fourth-order valence-electron chi connectivity index (χ4n) is 3.37. The molecular formula is C23H21F5O3S. The summed E-state index contributed by atoms with van der Waals surface area (Å²) in [6, 6.07) is 2.97. The van der Waals surface area contributed by atoms with E-state index in [1.807, 2.05) is 19.1 Å². The molecule has 32 heavy (non-hydrogen) atoms. The highest BCUT2D eigenvalue weighted by Gasteiger charge is 2.34. The van der Waals surface area contributed by atoms with Gasteiger partial charge in [-0.15, -0.1) is 11.3 Å². The van der Waals surface area contributed by atoms with Crippen molar-refractivity contribution in [3.8, 4) is 5.75 Å². The number of benzene rings is 1. The number of alkyl halides is 3. The van der Waals surface area contributed by atoms with Crippen LogP contribution in [0.4, 0.5) is 22.0 Å². The smallest absolute Gasteiger partial charge is 0.425 e. The molecule has 0 spiro atoms. The van der Waals surface area contributed by atoms with Crippen LogP contribution in [0.5, 0.6) is 5.75 Å². The summed E-state index contributed by atoms with van der Waals surface area (Å²) in [5.74, 6) is -3.57. The van der Waals surface area contributed by atoms with Crippen LogP contribution < -0.4 is 4.74 Å². The molecule has 0 amide bonds. The number of carbonyl (C=O) groups is 1. The molecule has 0 aliphatic heterocycles. The van der Waals surface area contributed by atoms with Gasteiger partial charge in [-0.2, -0.15) is 13.2 Å². The number of halogens is 5. The molecule has 1 aromatic carbocycles. The Labute approximate surface area is 185 Å². The standard InChI is InChI=1S/C23H21F5O3S/c1-2-13-3-6-15(7-4-13)16-11-20(23(26,27)28)32-19(16)12-31-22-17(24)9-14(10-18(22)25)5-8-21(29)30/h3,6-7,9-11,13H,2,4-5,8,12H2,1H3,(H,29,30). The van der Waals surface area contributed by atoms with Crippen molar-refractivity contribution in [1.82, 2.24) is 0 Å². The number of hydrogen-bond donors (Lipinski definition) is 1. The molecule has 1 aliphatic carbocycles. The Morgan fingerprint density at radius 2 is 1.91 bits per heavy atom. The lowest BCUT2D eigenvalue weighted by Crippen LogP contribution is -2.03. The quantitative estimate of drug-likeness (QED) is 0.421. The first-order valence-corrected chi connectivity index (χ1v) is 10.8. The van der Waals surface area contributed by atoms with Crippen LogP contribution in [-0.4, -0.2) is 11.1 Å². The Morgan fingerprint density at radius 1 is 1.22 bits per heavy atom. The fourth-order valence-corrected chi connectivity index (χ4v) is 4.33. The van der Waals surface area contributed by atoms with E-state index in [1.54, 1.807) is 6.08 Å². The second kappa shape index (κ2) is 9.85. The zero-order valence-corrected chi connectivity index (χ0v) is 18.0. The van der Waals surface area contributed by atoms with Crippen LogP contribution >= 0.6 is 11.3 Å². The number of carboxylic acids is 1. The third-order valence-corrected chi connectivity index (χ3v) is 6.30. The molecule has 1 aromatic heterocycles. The summed E-state index contributed by atoms with van der Waals surface area (Å²) in [4.78, 5) is 10.0. The number of carboxylic acid groups (broad SMARTS) is 1. The van der Waals surface area contributed by atoms with Crippen molar-refractivity contribution in [2.24, 2.45) is 5.92 Å². The van der Waals surface area contributed by atoms with E-state index in [1.165, 1.54) is 0 Å². The van der Waals surface area contributed by atoms with Crippen molar-refractivity contribution in [2.45, 2.75) is 45.4 Å². The summed E-state index contributed by atoms with van der Waals surface area (Å²) in [7, 11) is 0.